The van der Waals surface area contributed by atoms with Gasteiger partial charge in [0.1, 0.15) is 0 Å². The SMILES string of the molecule is CC(O)CC(C)(C)CNC(=O)N1CCCC1CO. The number of nitrogens with one attached hydrogen (secondary N) is 1. The second-order valence-corrected chi connectivity index (χ2v) is 6.05. The Morgan fingerprint density at radius 2 is 2.22 bits per heavy atom. The summed E-state index contributed by atoms with van der Waals surface area (Å²) in [5.74, 6) is 0. The largest absolute Gasteiger partial charge is 0.394 e. The molecule has 1 saturated heterocycles. The van der Waals surface area contributed by atoms with Gasteiger partial charge in [-0.05, 0) is 31.6 Å². The second-order valence-electron chi connectivity index (χ2n) is 6.05. The van der Waals surface area contributed by atoms with Gasteiger partial charge in [-0.2, -0.15) is 0 Å². The van der Waals surface area contributed by atoms with E-state index in [1.54, 1.807) is 11.8 Å². The summed E-state index contributed by atoms with van der Waals surface area (Å²) in [7, 11) is 0. The molecule has 1 rings (SSSR count). The van der Waals surface area contributed by atoms with Crippen LogP contribution in [0.1, 0.15) is 40.0 Å². The fourth-order valence-electron chi connectivity index (χ4n) is 2.58. The number of rotatable bonds is 5. The number of aliphatic hydroxyl groups is 2. The molecule has 2 atom stereocenters. The van der Waals surface area contributed by atoms with Crippen LogP contribution in [-0.2, 0) is 0 Å². The Balaban J connectivity index is 2.41. The van der Waals surface area contributed by atoms with Crippen LogP contribution in [0.4, 0.5) is 4.79 Å². The zero-order chi connectivity index (χ0) is 13.8. The molecule has 5 heteroatoms. The Bertz CT molecular complexity index is 279. The van der Waals surface area contributed by atoms with Gasteiger partial charge in [-0.15, -0.1) is 0 Å². The number of urea groups is 1. The third-order valence-electron chi connectivity index (χ3n) is 3.41. The normalized spacial score (nSPS) is 22.1. The van der Waals surface area contributed by atoms with Crippen LogP contribution in [-0.4, -0.2) is 53.0 Å². The molecule has 5 nitrogen and oxygen atoms in total. The van der Waals surface area contributed by atoms with Crippen molar-refractivity contribution >= 4 is 6.03 Å². The van der Waals surface area contributed by atoms with Crippen molar-refractivity contribution in [1.29, 1.82) is 0 Å². The molecule has 1 heterocycles. The van der Waals surface area contributed by atoms with E-state index in [0.29, 0.717) is 19.5 Å². The van der Waals surface area contributed by atoms with Crippen LogP contribution in [0.3, 0.4) is 0 Å². The van der Waals surface area contributed by atoms with Gasteiger partial charge in [0.25, 0.3) is 0 Å². The molecule has 0 bridgehead atoms. The summed E-state index contributed by atoms with van der Waals surface area (Å²) in [6.45, 7) is 7.08. The van der Waals surface area contributed by atoms with Gasteiger partial charge in [0.15, 0.2) is 0 Å². The summed E-state index contributed by atoms with van der Waals surface area (Å²) in [5.41, 5.74) is -0.127. The third kappa shape index (κ3) is 4.46. The van der Waals surface area contributed by atoms with Gasteiger partial charge in [-0.25, -0.2) is 4.79 Å². The Hall–Kier alpha value is -0.810. The summed E-state index contributed by atoms with van der Waals surface area (Å²) in [6, 6.07) is -0.143. The minimum atomic E-state index is -0.367. The highest BCUT2D eigenvalue weighted by Crippen LogP contribution is 2.22. The number of hydrogen-bond donors (Lipinski definition) is 3. The van der Waals surface area contributed by atoms with E-state index in [1.807, 2.05) is 13.8 Å². The molecule has 0 aromatic carbocycles. The van der Waals surface area contributed by atoms with E-state index in [4.69, 9.17) is 0 Å². The topological polar surface area (TPSA) is 72.8 Å². The first kappa shape index (κ1) is 15.2. The lowest BCUT2D eigenvalue weighted by Gasteiger charge is -2.29. The van der Waals surface area contributed by atoms with Crippen molar-refractivity contribution < 1.29 is 15.0 Å². The minimum absolute atomic E-state index is 0.0322. The second kappa shape index (κ2) is 6.38. The molecule has 1 aliphatic heterocycles. The average molecular weight is 258 g/mol. The molecular formula is C13H26N2O3. The van der Waals surface area contributed by atoms with Crippen molar-refractivity contribution in [3.63, 3.8) is 0 Å². The molecule has 0 spiro atoms. The van der Waals surface area contributed by atoms with Gasteiger partial charge in [0.05, 0.1) is 18.8 Å². The summed E-state index contributed by atoms with van der Waals surface area (Å²) in [4.78, 5) is 13.7. The monoisotopic (exact) mass is 258 g/mol. The van der Waals surface area contributed by atoms with Crippen molar-refractivity contribution in [2.24, 2.45) is 5.41 Å². The van der Waals surface area contributed by atoms with Gasteiger partial charge < -0.3 is 20.4 Å². The van der Waals surface area contributed by atoms with E-state index in [-0.39, 0.29) is 30.2 Å². The molecule has 106 valence electrons. The Morgan fingerprint density at radius 1 is 1.56 bits per heavy atom. The van der Waals surface area contributed by atoms with E-state index in [1.165, 1.54) is 0 Å². The number of likely N-dealkylation sites (tertiary alicyclic amines) is 1. The van der Waals surface area contributed by atoms with Gasteiger partial charge >= 0.3 is 6.03 Å². The van der Waals surface area contributed by atoms with Crippen LogP contribution in [0.2, 0.25) is 0 Å². The molecule has 0 aliphatic carbocycles. The predicted molar refractivity (Wildman–Crippen MR) is 70.3 cm³/mol. The van der Waals surface area contributed by atoms with E-state index in [2.05, 4.69) is 5.32 Å². The van der Waals surface area contributed by atoms with E-state index < -0.39 is 0 Å². The average Bonchev–Trinajstić information content (AvgIpc) is 2.72. The van der Waals surface area contributed by atoms with Crippen LogP contribution in [0.5, 0.6) is 0 Å². The molecule has 0 radical (unpaired) electrons. The summed E-state index contributed by atoms with van der Waals surface area (Å²) in [5, 5.41) is 21.5. The van der Waals surface area contributed by atoms with Crippen molar-refractivity contribution in [3.8, 4) is 0 Å². The zero-order valence-electron chi connectivity index (χ0n) is 11.6. The molecular weight excluding hydrogens is 232 g/mol. The molecule has 0 aromatic heterocycles. The first-order valence-electron chi connectivity index (χ1n) is 6.69. The van der Waals surface area contributed by atoms with Crippen molar-refractivity contribution in [2.75, 3.05) is 19.7 Å². The molecule has 3 N–H and O–H groups in total. The van der Waals surface area contributed by atoms with Crippen LogP contribution < -0.4 is 5.32 Å². The maximum Gasteiger partial charge on any atom is 0.317 e. The number of carbonyl (C=O) groups excluding carboxylic acids is 1. The smallest absolute Gasteiger partial charge is 0.317 e. The highest BCUT2D eigenvalue weighted by atomic mass is 16.3. The third-order valence-corrected chi connectivity index (χ3v) is 3.41. The number of amides is 2. The lowest BCUT2D eigenvalue weighted by molar-refractivity contribution is 0.123. The molecule has 1 fully saturated rings. The summed E-state index contributed by atoms with van der Waals surface area (Å²) in [6.07, 6.45) is 2.11. The Labute approximate surface area is 109 Å². The Kier molecular flexibility index (Phi) is 5.41. The number of carbonyl (C=O) groups is 1. The van der Waals surface area contributed by atoms with Crippen LogP contribution in [0.25, 0.3) is 0 Å². The van der Waals surface area contributed by atoms with E-state index >= 15 is 0 Å². The summed E-state index contributed by atoms with van der Waals surface area (Å²) >= 11 is 0. The predicted octanol–water partition coefficient (Wildman–Crippen LogP) is 0.950. The van der Waals surface area contributed by atoms with Crippen LogP contribution in [0, 0.1) is 5.41 Å². The van der Waals surface area contributed by atoms with E-state index in [0.717, 1.165) is 12.8 Å². The van der Waals surface area contributed by atoms with Crippen molar-refractivity contribution in [2.45, 2.75) is 52.2 Å². The van der Waals surface area contributed by atoms with Crippen LogP contribution >= 0.6 is 0 Å². The summed E-state index contributed by atoms with van der Waals surface area (Å²) < 4.78 is 0. The number of nitrogens with zero attached hydrogens (tertiary/aromatic N) is 1. The maximum absolute atomic E-state index is 12.0. The Morgan fingerprint density at radius 3 is 2.78 bits per heavy atom. The molecule has 18 heavy (non-hydrogen) atoms. The molecule has 1 aliphatic rings. The molecule has 2 amide bonds. The first-order chi connectivity index (χ1) is 8.35. The maximum atomic E-state index is 12.0. The highest BCUT2D eigenvalue weighted by Gasteiger charge is 2.29. The lowest BCUT2D eigenvalue weighted by Crippen LogP contribution is -2.47. The first-order valence-corrected chi connectivity index (χ1v) is 6.69. The fraction of sp³-hybridized carbons (Fsp3) is 0.923. The standard InChI is InChI=1S/C13H26N2O3/c1-10(17)7-13(2,3)9-14-12(18)15-6-4-5-11(15)8-16/h10-11,16-17H,4-9H2,1-3H3,(H,14,18). The molecule has 0 aromatic rings. The van der Waals surface area contributed by atoms with Crippen molar-refractivity contribution in [1.82, 2.24) is 10.2 Å². The lowest BCUT2D eigenvalue weighted by atomic mass is 9.87. The van der Waals surface area contributed by atoms with Crippen molar-refractivity contribution in [3.05, 3.63) is 0 Å². The van der Waals surface area contributed by atoms with Gasteiger partial charge in [0, 0.05) is 13.1 Å². The quantitative estimate of drug-likeness (QED) is 0.687. The van der Waals surface area contributed by atoms with Gasteiger partial charge in [-0.1, -0.05) is 13.8 Å². The van der Waals surface area contributed by atoms with Gasteiger partial charge in [0.2, 0.25) is 0 Å². The highest BCUT2D eigenvalue weighted by molar-refractivity contribution is 5.74. The minimum Gasteiger partial charge on any atom is -0.394 e. The zero-order valence-corrected chi connectivity index (χ0v) is 11.6. The fourth-order valence-corrected chi connectivity index (χ4v) is 2.58. The number of aliphatic hydroxyl groups excluding tert-OH is 2. The van der Waals surface area contributed by atoms with E-state index in [9.17, 15) is 15.0 Å². The number of hydrogen-bond acceptors (Lipinski definition) is 3. The van der Waals surface area contributed by atoms with Crippen LogP contribution in [0.15, 0.2) is 0 Å². The molecule has 0 saturated carbocycles. The molecule has 2 unspecified atom stereocenters. The van der Waals surface area contributed by atoms with Gasteiger partial charge in [-0.3, -0.25) is 0 Å².